The molecule has 2 aromatic heterocycles. The fraction of sp³-hybridized carbons (Fsp3) is 0.364. The lowest BCUT2D eigenvalue weighted by molar-refractivity contribution is -0.131. The molecule has 1 aliphatic heterocycles. The molecule has 0 aliphatic carbocycles. The number of likely N-dealkylation sites (tertiary alicyclic amines) is 1. The molecule has 0 unspecified atom stereocenters. The van der Waals surface area contributed by atoms with E-state index in [-0.39, 0.29) is 5.91 Å². The van der Waals surface area contributed by atoms with Crippen LogP contribution in [0.4, 0.5) is 0 Å². The van der Waals surface area contributed by atoms with E-state index in [0.29, 0.717) is 12.3 Å². The fourth-order valence-electron chi connectivity index (χ4n) is 3.79. The predicted octanol–water partition coefficient (Wildman–Crippen LogP) is 3.17. The Balaban J connectivity index is 1.40. The van der Waals surface area contributed by atoms with Gasteiger partial charge < -0.3 is 4.90 Å². The molecule has 1 aliphatic rings. The lowest BCUT2D eigenvalue weighted by Crippen LogP contribution is -2.39. The van der Waals surface area contributed by atoms with Gasteiger partial charge in [0, 0.05) is 44.0 Å². The van der Waals surface area contributed by atoms with E-state index in [1.807, 2.05) is 52.2 Å². The van der Waals surface area contributed by atoms with Crippen molar-refractivity contribution in [3.63, 3.8) is 0 Å². The van der Waals surface area contributed by atoms with Gasteiger partial charge in [0.2, 0.25) is 5.91 Å². The third kappa shape index (κ3) is 3.96. The van der Waals surface area contributed by atoms with E-state index < -0.39 is 0 Å². The van der Waals surface area contributed by atoms with E-state index >= 15 is 0 Å². The molecule has 1 amide bonds. The van der Waals surface area contributed by atoms with Crippen LogP contribution in [-0.4, -0.2) is 43.4 Å². The summed E-state index contributed by atoms with van der Waals surface area (Å²) in [6, 6.07) is 9.94. The van der Waals surface area contributed by atoms with Gasteiger partial charge in [-0.05, 0) is 18.4 Å². The Morgan fingerprint density at radius 1 is 1.14 bits per heavy atom. The highest BCUT2D eigenvalue weighted by Gasteiger charge is 2.25. The molecule has 0 N–H and O–H groups in total. The van der Waals surface area contributed by atoms with Gasteiger partial charge >= 0.3 is 0 Å². The number of piperidine rings is 1. The third-order valence-corrected chi connectivity index (χ3v) is 5.38. The summed E-state index contributed by atoms with van der Waals surface area (Å²) >= 11 is 0. The number of aryl methyl sites for hydroxylation is 1. The van der Waals surface area contributed by atoms with Crippen molar-refractivity contribution in [2.75, 3.05) is 13.1 Å². The summed E-state index contributed by atoms with van der Waals surface area (Å²) in [5.74, 6) is 2.33. The number of rotatable bonds is 5. The van der Waals surface area contributed by atoms with Gasteiger partial charge in [-0.1, -0.05) is 37.3 Å². The highest BCUT2D eigenvalue weighted by atomic mass is 16.2. The lowest BCUT2D eigenvalue weighted by Gasteiger charge is -2.32. The number of benzene rings is 1. The molecule has 28 heavy (non-hydrogen) atoms. The van der Waals surface area contributed by atoms with Crippen LogP contribution in [0.3, 0.4) is 0 Å². The standard InChI is InChI=1S/C22H25N5O/c1-2-20-24-10-13-27(20)21-16-23-15-19(25-21)18-8-11-26(12-9-18)22(28)14-17-6-4-3-5-7-17/h3-7,10,13,15-16,18H,2,8-9,11-12,14H2,1H3. The molecule has 6 nitrogen and oxygen atoms in total. The van der Waals surface area contributed by atoms with Crippen molar-refractivity contribution in [2.45, 2.75) is 38.5 Å². The topological polar surface area (TPSA) is 63.9 Å². The van der Waals surface area contributed by atoms with Gasteiger partial charge in [-0.3, -0.25) is 14.3 Å². The average Bonchev–Trinajstić information content (AvgIpc) is 3.24. The summed E-state index contributed by atoms with van der Waals surface area (Å²) in [6.45, 7) is 3.62. The number of carbonyl (C=O) groups excluding carboxylic acids is 1. The number of amides is 1. The molecule has 0 spiro atoms. The van der Waals surface area contributed by atoms with Crippen LogP contribution in [0.25, 0.3) is 5.82 Å². The van der Waals surface area contributed by atoms with E-state index in [1.54, 1.807) is 12.4 Å². The number of carbonyl (C=O) groups is 1. The highest BCUT2D eigenvalue weighted by molar-refractivity contribution is 5.78. The lowest BCUT2D eigenvalue weighted by atomic mass is 9.93. The van der Waals surface area contributed by atoms with Crippen LogP contribution < -0.4 is 0 Å². The molecule has 1 saturated heterocycles. The number of hydrogen-bond donors (Lipinski definition) is 0. The van der Waals surface area contributed by atoms with E-state index in [9.17, 15) is 4.79 Å². The maximum Gasteiger partial charge on any atom is 0.226 e. The molecule has 0 saturated carbocycles. The molecule has 0 radical (unpaired) electrons. The largest absolute Gasteiger partial charge is 0.342 e. The van der Waals surface area contributed by atoms with Crippen LogP contribution in [0.1, 0.15) is 42.8 Å². The summed E-state index contributed by atoms with van der Waals surface area (Å²) in [6.07, 6.45) is 10.5. The number of aromatic nitrogens is 4. The average molecular weight is 375 g/mol. The summed E-state index contributed by atoms with van der Waals surface area (Å²) in [4.78, 5) is 28.2. The Labute approximate surface area is 165 Å². The molecular weight excluding hydrogens is 350 g/mol. The first-order chi connectivity index (χ1) is 13.7. The smallest absolute Gasteiger partial charge is 0.226 e. The summed E-state index contributed by atoms with van der Waals surface area (Å²) in [5, 5.41) is 0. The van der Waals surface area contributed by atoms with Crippen molar-refractivity contribution in [1.29, 1.82) is 0 Å². The van der Waals surface area contributed by atoms with Gasteiger partial charge in [-0.2, -0.15) is 0 Å². The van der Waals surface area contributed by atoms with Crippen LogP contribution in [0.5, 0.6) is 0 Å². The number of hydrogen-bond acceptors (Lipinski definition) is 4. The predicted molar refractivity (Wildman–Crippen MR) is 107 cm³/mol. The summed E-state index contributed by atoms with van der Waals surface area (Å²) in [5.41, 5.74) is 2.07. The maximum atomic E-state index is 12.6. The van der Waals surface area contributed by atoms with Crippen LogP contribution in [-0.2, 0) is 17.6 Å². The molecule has 6 heteroatoms. The van der Waals surface area contributed by atoms with Gasteiger partial charge in [0.15, 0.2) is 5.82 Å². The zero-order valence-electron chi connectivity index (χ0n) is 16.2. The molecule has 0 atom stereocenters. The summed E-state index contributed by atoms with van der Waals surface area (Å²) in [7, 11) is 0. The van der Waals surface area contributed by atoms with Crippen molar-refractivity contribution < 1.29 is 4.79 Å². The van der Waals surface area contributed by atoms with E-state index in [1.165, 1.54) is 0 Å². The molecule has 144 valence electrons. The second-order valence-electron chi connectivity index (χ2n) is 7.19. The van der Waals surface area contributed by atoms with E-state index in [4.69, 9.17) is 4.98 Å². The summed E-state index contributed by atoms with van der Waals surface area (Å²) < 4.78 is 2.00. The second kappa shape index (κ2) is 8.33. The van der Waals surface area contributed by atoms with Crippen molar-refractivity contribution in [3.05, 3.63) is 72.2 Å². The zero-order chi connectivity index (χ0) is 19.3. The monoisotopic (exact) mass is 375 g/mol. The first kappa shape index (κ1) is 18.3. The van der Waals surface area contributed by atoms with Crippen LogP contribution in [0.15, 0.2) is 55.1 Å². The van der Waals surface area contributed by atoms with Crippen molar-refractivity contribution in [2.24, 2.45) is 0 Å². The third-order valence-electron chi connectivity index (χ3n) is 5.38. The van der Waals surface area contributed by atoms with Crippen LogP contribution in [0, 0.1) is 0 Å². The van der Waals surface area contributed by atoms with Gasteiger partial charge in [-0.25, -0.2) is 9.97 Å². The highest BCUT2D eigenvalue weighted by Crippen LogP contribution is 2.27. The first-order valence-corrected chi connectivity index (χ1v) is 9.91. The molecule has 3 heterocycles. The van der Waals surface area contributed by atoms with Gasteiger partial charge in [0.25, 0.3) is 0 Å². The fourth-order valence-corrected chi connectivity index (χ4v) is 3.79. The zero-order valence-corrected chi connectivity index (χ0v) is 16.2. The number of nitrogens with zero attached hydrogens (tertiary/aromatic N) is 5. The molecule has 1 aromatic carbocycles. The first-order valence-electron chi connectivity index (χ1n) is 9.91. The Morgan fingerprint density at radius 2 is 1.93 bits per heavy atom. The van der Waals surface area contributed by atoms with Crippen molar-refractivity contribution in [1.82, 2.24) is 24.4 Å². The SMILES string of the molecule is CCc1nccn1-c1cncc(C2CCN(C(=O)Cc3ccccc3)CC2)n1. The Hall–Kier alpha value is -3.02. The van der Waals surface area contributed by atoms with Gasteiger partial charge in [0.05, 0.1) is 18.3 Å². The van der Waals surface area contributed by atoms with Crippen molar-refractivity contribution in [3.8, 4) is 5.82 Å². The molecule has 3 aromatic rings. The minimum absolute atomic E-state index is 0.204. The second-order valence-corrected chi connectivity index (χ2v) is 7.19. The van der Waals surface area contributed by atoms with E-state index in [0.717, 1.165) is 55.3 Å². The number of imidazole rings is 1. The van der Waals surface area contributed by atoms with Crippen LogP contribution >= 0.6 is 0 Å². The Bertz CT molecular complexity index is 929. The van der Waals surface area contributed by atoms with Crippen molar-refractivity contribution >= 4 is 5.91 Å². The Morgan fingerprint density at radius 3 is 2.68 bits per heavy atom. The maximum absolute atomic E-state index is 12.6. The minimum atomic E-state index is 0.204. The van der Waals surface area contributed by atoms with E-state index in [2.05, 4.69) is 16.9 Å². The van der Waals surface area contributed by atoms with Gasteiger partial charge in [-0.15, -0.1) is 0 Å². The quantitative estimate of drug-likeness (QED) is 0.687. The molecule has 0 bridgehead atoms. The molecule has 1 fully saturated rings. The normalized spacial score (nSPS) is 15.0. The molecular formula is C22H25N5O. The molecule has 4 rings (SSSR count). The van der Waals surface area contributed by atoms with Crippen LogP contribution in [0.2, 0.25) is 0 Å². The van der Waals surface area contributed by atoms with Gasteiger partial charge in [0.1, 0.15) is 5.82 Å². The Kier molecular flexibility index (Phi) is 5.46. The minimum Gasteiger partial charge on any atom is -0.342 e.